The highest BCUT2D eigenvalue weighted by molar-refractivity contribution is 7.91. The number of anilines is 1. The van der Waals surface area contributed by atoms with Crippen molar-refractivity contribution in [3.8, 4) is 11.5 Å². The minimum absolute atomic E-state index is 0.0248. The Hall–Kier alpha value is -2.74. The third-order valence-corrected chi connectivity index (χ3v) is 4.64. The molecule has 0 atom stereocenters. The minimum atomic E-state index is -3.75. The van der Waals surface area contributed by atoms with Gasteiger partial charge in [-0.05, 0) is 5.56 Å². The van der Waals surface area contributed by atoms with Gasteiger partial charge in [0.2, 0.25) is 10.0 Å². The molecule has 0 saturated heterocycles. The van der Waals surface area contributed by atoms with Gasteiger partial charge < -0.3 is 14.2 Å². The molecule has 25 heavy (non-hydrogen) atoms. The summed E-state index contributed by atoms with van der Waals surface area (Å²) in [5.74, 6) is -0.358. The molecule has 0 spiro atoms. The number of nitrogens with one attached hydrogen (secondary N) is 1. The average molecular weight is 365 g/mol. The van der Waals surface area contributed by atoms with Crippen LogP contribution in [-0.2, 0) is 20.5 Å². The van der Waals surface area contributed by atoms with Gasteiger partial charge in [-0.25, -0.2) is 13.2 Å². The lowest BCUT2D eigenvalue weighted by Gasteiger charge is -2.15. The molecule has 2 aromatic rings. The molecule has 2 rings (SSSR count). The van der Waals surface area contributed by atoms with Crippen LogP contribution in [0.25, 0.3) is 0 Å². The highest BCUT2D eigenvalue weighted by Gasteiger charge is 2.21. The first-order valence-electron chi connectivity index (χ1n) is 7.29. The lowest BCUT2D eigenvalue weighted by atomic mass is 10.1. The molecule has 0 radical (unpaired) electrons. The predicted molar refractivity (Wildman–Crippen MR) is 93.6 cm³/mol. The van der Waals surface area contributed by atoms with Gasteiger partial charge in [-0.2, -0.15) is 0 Å². The Kier molecular flexibility index (Phi) is 5.87. The molecular formula is C17H19NO6S. The SMILES string of the molecule is COC(=O)c1cc(OC)c(OC)cc1NS(=O)(=O)Cc1ccccc1. The molecule has 0 unspecified atom stereocenters. The maximum atomic E-state index is 12.5. The second kappa shape index (κ2) is 7.89. The molecule has 0 heterocycles. The summed E-state index contributed by atoms with van der Waals surface area (Å²) in [6.07, 6.45) is 0. The maximum absolute atomic E-state index is 12.5. The van der Waals surface area contributed by atoms with Gasteiger partial charge in [0.25, 0.3) is 0 Å². The molecule has 0 aliphatic carbocycles. The Morgan fingerprint density at radius 3 is 2.16 bits per heavy atom. The van der Waals surface area contributed by atoms with Crippen molar-refractivity contribution in [2.45, 2.75) is 5.75 Å². The Morgan fingerprint density at radius 1 is 1.00 bits per heavy atom. The first kappa shape index (κ1) is 18.6. The normalized spacial score (nSPS) is 10.8. The highest BCUT2D eigenvalue weighted by Crippen LogP contribution is 2.34. The molecule has 7 nitrogen and oxygen atoms in total. The lowest BCUT2D eigenvalue weighted by Crippen LogP contribution is -2.18. The summed E-state index contributed by atoms with van der Waals surface area (Å²) in [6, 6.07) is 11.5. The second-order valence-corrected chi connectivity index (χ2v) is 6.81. The van der Waals surface area contributed by atoms with Crippen LogP contribution in [0.2, 0.25) is 0 Å². The number of sulfonamides is 1. The van der Waals surface area contributed by atoms with Crippen molar-refractivity contribution in [1.29, 1.82) is 0 Å². The number of methoxy groups -OCH3 is 3. The van der Waals surface area contributed by atoms with Crippen molar-refractivity contribution >= 4 is 21.7 Å². The van der Waals surface area contributed by atoms with Crippen LogP contribution >= 0.6 is 0 Å². The van der Waals surface area contributed by atoms with Crippen LogP contribution in [0.5, 0.6) is 11.5 Å². The average Bonchev–Trinajstić information content (AvgIpc) is 2.60. The molecule has 1 N–H and O–H groups in total. The Balaban J connectivity index is 2.41. The van der Waals surface area contributed by atoms with Crippen molar-refractivity contribution in [1.82, 2.24) is 0 Å². The largest absolute Gasteiger partial charge is 0.493 e. The van der Waals surface area contributed by atoms with E-state index in [1.807, 2.05) is 0 Å². The number of benzene rings is 2. The smallest absolute Gasteiger partial charge is 0.340 e. The minimum Gasteiger partial charge on any atom is -0.493 e. The number of carbonyl (C=O) groups excluding carboxylic acids is 1. The molecule has 0 aliphatic heterocycles. The zero-order valence-corrected chi connectivity index (χ0v) is 14.9. The van der Waals surface area contributed by atoms with Gasteiger partial charge >= 0.3 is 5.97 Å². The van der Waals surface area contributed by atoms with E-state index in [1.165, 1.54) is 33.5 Å². The van der Waals surface area contributed by atoms with Gasteiger partial charge in [0.15, 0.2) is 11.5 Å². The first-order valence-corrected chi connectivity index (χ1v) is 8.94. The summed E-state index contributed by atoms with van der Waals surface area (Å²) in [5, 5.41) is 0. The number of hydrogen-bond acceptors (Lipinski definition) is 6. The summed E-state index contributed by atoms with van der Waals surface area (Å²) in [5.41, 5.74) is 0.701. The molecule has 0 fully saturated rings. The molecule has 0 bridgehead atoms. The molecule has 0 aliphatic rings. The number of carbonyl (C=O) groups is 1. The van der Waals surface area contributed by atoms with Crippen LogP contribution < -0.4 is 14.2 Å². The zero-order chi connectivity index (χ0) is 18.4. The van der Waals surface area contributed by atoms with E-state index < -0.39 is 16.0 Å². The van der Waals surface area contributed by atoms with E-state index in [9.17, 15) is 13.2 Å². The number of rotatable bonds is 7. The topological polar surface area (TPSA) is 90.9 Å². The highest BCUT2D eigenvalue weighted by atomic mass is 32.2. The summed E-state index contributed by atoms with van der Waals surface area (Å²) in [7, 11) is 0.288. The van der Waals surface area contributed by atoms with Gasteiger partial charge in [0, 0.05) is 12.1 Å². The standard InChI is InChI=1S/C17H19NO6S/c1-22-15-9-13(17(19)24-3)14(10-16(15)23-2)18-25(20,21)11-12-7-5-4-6-8-12/h4-10,18H,11H2,1-3H3. The zero-order valence-electron chi connectivity index (χ0n) is 14.1. The fraction of sp³-hybridized carbons (Fsp3) is 0.235. The molecule has 134 valence electrons. The van der Waals surface area contributed by atoms with E-state index in [0.717, 1.165) is 0 Å². The van der Waals surface area contributed by atoms with E-state index in [1.54, 1.807) is 30.3 Å². The molecule has 0 aromatic heterocycles. The summed E-state index contributed by atoms with van der Waals surface area (Å²) < 4.78 is 42.3. The summed E-state index contributed by atoms with van der Waals surface area (Å²) in [4.78, 5) is 12.0. The van der Waals surface area contributed by atoms with Crippen LogP contribution in [0.15, 0.2) is 42.5 Å². The maximum Gasteiger partial charge on any atom is 0.340 e. The second-order valence-electron chi connectivity index (χ2n) is 5.09. The van der Waals surface area contributed by atoms with Crippen LogP contribution in [0, 0.1) is 0 Å². The number of ether oxygens (including phenoxy) is 3. The number of hydrogen-bond donors (Lipinski definition) is 1. The van der Waals surface area contributed by atoms with Crippen molar-refractivity contribution in [3.05, 3.63) is 53.6 Å². The third-order valence-electron chi connectivity index (χ3n) is 3.39. The summed E-state index contributed by atoms with van der Waals surface area (Å²) >= 11 is 0. The van der Waals surface area contributed by atoms with Crippen molar-refractivity contribution in [2.75, 3.05) is 26.1 Å². The van der Waals surface area contributed by atoms with Crippen molar-refractivity contribution in [3.63, 3.8) is 0 Å². The Labute approximate surface area is 146 Å². The van der Waals surface area contributed by atoms with Crippen LogP contribution in [0.3, 0.4) is 0 Å². The van der Waals surface area contributed by atoms with E-state index in [0.29, 0.717) is 5.56 Å². The van der Waals surface area contributed by atoms with E-state index in [-0.39, 0.29) is 28.5 Å². The van der Waals surface area contributed by atoms with Gasteiger partial charge in [0.1, 0.15) is 0 Å². The van der Waals surface area contributed by atoms with Gasteiger partial charge in [0.05, 0.1) is 38.3 Å². The van der Waals surface area contributed by atoms with Crippen molar-refractivity contribution in [2.24, 2.45) is 0 Å². The van der Waals surface area contributed by atoms with Gasteiger partial charge in [-0.15, -0.1) is 0 Å². The first-order chi connectivity index (χ1) is 11.9. The fourth-order valence-corrected chi connectivity index (χ4v) is 3.45. The lowest BCUT2D eigenvalue weighted by molar-refractivity contribution is 0.0601. The van der Waals surface area contributed by atoms with E-state index >= 15 is 0 Å². The predicted octanol–water partition coefficient (Wildman–Crippen LogP) is 2.43. The van der Waals surface area contributed by atoms with Crippen molar-refractivity contribution < 1.29 is 27.4 Å². The molecule has 0 saturated carbocycles. The molecule has 0 amide bonds. The van der Waals surface area contributed by atoms with Crippen LogP contribution in [0.4, 0.5) is 5.69 Å². The molecule has 8 heteroatoms. The Bertz CT molecular complexity index is 849. The van der Waals surface area contributed by atoms with Crippen LogP contribution in [-0.4, -0.2) is 35.7 Å². The Morgan fingerprint density at radius 2 is 1.60 bits per heavy atom. The van der Waals surface area contributed by atoms with Gasteiger partial charge in [-0.3, -0.25) is 4.72 Å². The molecule has 2 aromatic carbocycles. The summed E-state index contributed by atoms with van der Waals surface area (Å²) in [6.45, 7) is 0. The monoisotopic (exact) mass is 365 g/mol. The van der Waals surface area contributed by atoms with Crippen LogP contribution in [0.1, 0.15) is 15.9 Å². The third kappa shape index (κ3) is 4.63. The molecular weight excluding hydrogens is 346 g/mol. The van der Waals surface area contributed by atoms with Gasteiger partial charge in [-0.1, -0.05) is 30.3 Å². The van der Waals surface area contributed by atoms with E-state index in [4.69, 9.17) is 14.2 Å². The fourth-order valence-electron chi connectivity index (χ4n) is 2.24. The quantitative estimate of drug-likeness (QED) is 0.758. The van der Waals surface area contributed by atoms with E-state index in [2.05, 4.69) is 4.72 Å². The number of esters is 1.